The molecule has 1 saturated heterocycles. The Morgan fingerprint density at radius 3 is 2.62 bits per heavy atom. The number of carbonyl (C=O) groups is 1. The number of rotatable bonds is 5. The highest BCUT2D eigenvalue weighted by molar-refractivity contribution is 5.75. The molecule has 2 aliphatic rings. The van der Waals surface area contributed by atoms with Crippen LogP contribution in [0.2, 0.25) is 0 Å². The fourth-order valence-corrected chi connectivity index (χ4v) is 4.38. The van der Waals surface area contributed by atoms with Crippen LogP contribution in [0.25, 0.3) is 0 Å². The zero-order valence-corrected chi connectivity index (χ0v) is 17.0. The second-order valence-electron chi connectivity index (χ2n) is 8.28. The Bertz CT molecular complexity index is 885. The van der Waals surface area contributed by atoms with Gasteiger partial charge >= 0.3 is 0 Å². The molecule has 154 valence electrons. The van der Waals surface area contributed by atoms with E-state index in [-0.39, 0.29) is 24.1 Å². The number of hydrogen-bond donors (Lipinski definition) is 1. The fourth-order valence-electron chi connectivity index (χ4n) is 4.38. The number of likely N-dealkylation sites (tertiary alicyclic amines) is 1. The van der Waals surface area contributed by atoms with E-state index >= 15 is 0 Å². The first-order valence-electron chi connectivity index (χ1n) is 10.8. The van der Waals surface area contributed by atoms with Crippen molar-refractivity contribution in [2.45, 2.75) is 64.1 Å². The number of fused-ring (bicyclic) bond motifs is 1. The van der Waals surface area contributed by atoms with Gasteiger partial charge < -0.3 is 5.32 Å². The van der Waals surface area contributed by atoms with E-state index in [0.717, 1.165) is 69.4 Å². The average molecular weight is 395 g/mol. The number of piperidine rings is 1. The smallest absolute Gasteiger partial charge is 0.267 e. The minimum atomic E-state index is -0.168. The van der Waals surface area contributed by atoms with Crippen LogP contribution >= 0.6 is 0 Å². The van der Waals surface area contributed by atoms with Crippen molar-refractivity contribution < 1.29 is 4.79 Å². The molecule has 1 aromatic heterocycles. The molecule has 1 aromatic carbocycles. The molecule has 1 fully saturated rings. The second kappa shape index (κ2) is 9.35. The summed E-state index contributed by atoms with van der Waals surface area (Å²) in [6.45, 7) is 2.90. The van der Waals surface area contributed by atoms with Crippen molar-refractivity contribution >= 4 is 5.91 Å². The molecule has 6 nitrogen and oxygen atoms in total. The lowest BCUT2D eigenvalue weighted by Crippen LogP contribution is -2.46. The zero-order chi connectivity index (χ0) is 20.1. The molecule has 0 spiro atoms. The first-order valence-corrected chi connectivity index (χ1v) is 10.8. The van der Waals surface area contributed by atoms with Gasteiger partial charge in [0.25, 0.3) is 5.56 Å². The summed E-state index contributed by atoms with van der Waals surface area (Å²) >= 11 is 0. The SMILES string of the molecule is O=C(Cn1nc2c(cc1=O)CCCCC2)NC1CCN(Cc2ccccc2)CC1. The summed E-state index contributed by atoms with van der Waals surface area (Å²) in [5.41, 5.74) is 3.21. The third-order valence-corrected chi connectivity index (χ3v) is 6.02. The van der Waals surface area contributed by atoms with Gasteiger partial charge in [-0.2, -0.15) is 5.10 Å². The second-order valence-corrected chi connectivity index (χ2v) is 8.28. The minimum absolute atomic E-state index is 0.0103. The number of hydrogen-bond acceptors (Lipinski definition) is 4. The first-order chi connectivity index (χ1) is 14.2. The number of aromatic nitrogens is 2. The molecular formula is C23H30N4O2. The predicted octanol–water partition coefficient (Wildman–Crippen LogP) is 2.29. The molecule has 1 aliphatic carbocycles. The Hall–Kier alpha value is -2.47. The number of nitrogens with one attached hydrogen (secondary N) is 1. The Balaban J connectivity index is 1.28. The largest absolute Gasteiger partial charge is 0.352 e. The number of carbonyl (C=O) groups excluding carboxylic acids is 1. The van der Waals surface area contributed by atoms with Crippen LogP contribution < -0.4 is 10.9 Å². The average Bonchev–Trinajstić information content (AvgIpc) is 2.95. The molecule has 29 heavy (non-hydrogen) atoms. The van der Waals surface area contributed by atoms with Gasteiger partial charge in [-0.3, -0.25) is 14.5 Å². The van der Waals surface area contributed by atoms with Crippen LogP contribution in [-0.4, -0.2) is 39.7 Å². The van der Waals surface area contributed by atoms with Crippen molar-refractivity contribution in [1.82, 2.24) is 20.0 Å². The maximum atomic E-state index is 12.5. The van der Waals surface area contributed by atoms with Crippen LogP contribution in [0.1, 0.15) is 48.9 Å². The van der Waals surface area contributed by atoms with Gasteiger partial charge in [-0.05, 0) is 49.7 Å². The van der Waals surface area contributed by atoms with Crippen LogP contribution in [0.15, 0.2) is 41.2 Å². The molecule has 6 heteroatoms. The summed E-state index contributed by atoms with van der Waals surface area (Å²) in [7, 11) is 0. The van der Waals surface area contributed by atoms with Crippen molar-refractivity contribution in [3.63, 3.8) is 0 Å². The summed E-state index contributed by atoms with van der Waals surface area (Å²) in [5.74, 6) is -0.116. The Labute approximate surface area is 171 Å². The third-order valence-electron chi connectivity index (χ3n) is 6.02. The van der Waals surface area contributed by atoms with E-state index in [0.29, 0.717) is 0 Å². The van der Waals surface area contributed by atoms with Crippen molar-refractivity contribution in [3.8, 4) is 0 Å². The van der Waals surface area contributed by atoms with E-state index in [1.165, 1.54) is 16.7 Å². The summed E-state index contributed by atoms with van der Waals surface area (Å²) in [6.07, 6.45) is 7.08. The number of aryl methyl sites for hydroxylation is 2. The van der Waals surface area contributed by atoms with Crippen LogP contribution in [0, 0.1) is 0 Å². The number of nitrogens with zero attached hydrogens (tertiary/aromatic N) is 3. The molecule has 4 rings (SSSR count). The number of benzene rings is 1. The number of amides is 1. The third kappa shape index (κ3) is 5.32. The summed E-state index contributed by atoms with van der Waals surface area (Å²) in [5, 5.41) is 7.61. The summed E-state index contributed by atoms with van der Waals surface area (Å²) in [4.78, 5) is 27.3. The molecule has 1 aliphatic heterocycles. The highest BCUT2D eigenvalue weighted by atomic mass is 16.2. The van der Waals surface area contributed by atoms with Gasteiger partial charge in [0.05, 0.1) is 5.69 Å². The van der Waals surface area contributed by atoms with Crippen LogP contribution in [0.5, 0.6) is 0 Å². The molecular weight excluding hydrogens is 364 g/mol. The Kier molecular flexibility index (Phi) is 6.39. The van der Waals surface area contributed by atoms with Crippen LogP contribution in [-0.2, 0) is 30.7 Å². The van der Waals surface area contributed by atoms with Gasteiger partial charge in [0.2, 0.25) is 5.91 Å². The highest BCUT2D eigenvalue weighted by Gasteiger charge is 2.21. The monoisotopic (exact) mass is 394 g/mol. The Morgan fingerprint density at radius 2 is 1.83 bits per heavy atom. The van der Waals surface area contributed by atoms with Crippen LogP contribution in [0.4, 0.5) is 0 Å². The quantitative estimate of drug-likeness (QED) is 0.790. The summed E-state index contributed by atoms with van der Waals surface area (Å²) < 4.78 is 1.34. The van der Waals surface area contributed by atoms with Gasteiger partial charge in [0, 0.05) is 31.7 Å². The lowest BCUT2D eigenvalue weighted by atomic mass is 10.0. The molecule has 2 aromatic rings. The first kappa shape index (κ1) is 19.8. The normalized spacial score (nSPS) is 18.1. The van der Waals surface area contributed by atoms with Crippen molar-refractivity contribution in [2.75, 3.05) is 13.1 Å². The molecule has 0 unspecified atom stereocenters. The molecule has 0 saturated carbocycles. The van der Waals surface area contributed by atoms with E-state index in [1.54, 1.807) is 6.07 Å². The molecule has 0 bridgehead atoms. The van der Waals surface area contributed by atoms with Crippen LogP contribution in [0.3, 0.4) is 0 Å². The standard InChI is InChI=1S/C23H30N4O2/c28-22(17-27-23(29)15-19-9-5-2-6-10-21(19)25-27)24-20-11-13-26(14-12-20)16-18-7-3-1-4-8-18/h1,3-4,7-8,15,20H,2,5-6,9-14,16-17H2,(H,24,28). The highest BCUT2D eigenvalue weighted by Crippen LogP contribution is 2.17. The van der Waals surface area contributed by atoms with E-state index in [1.807, 2.05) is 6.07 Å². The van der Waals surface area contributed by atoms with E-state index in [9.17, 15) is 9.59 Å². The molecule has 0 atom stereocenters. The van der Waals surface area contributed by atoms with Gasteiger partial charge in [-0.1, -0.05) is 36.8 Å². The van der Waals surface area contributed by atoms with Crippen molar-refractivity contribution in [3.05, 3.63) is 63.6 Å². The van der Waals surface area contributed by atoms with E-state index in [4.69, 9.17) is 0 Å². The predicted molar refractivity (Wildman–Crippen MR) is 113 cm³/mol. The minimum Gasteiger partial charge on any atom is -0.352 e. The van der Waals surface area contributed by atoms with Gasteiger partial charge in [0.15, 0.2) is 0 Å². The van der Waals surface area contributed by atoms with Crippen molar-refractivity contribution in [1.29, 1.82) is 0 Å². The lowest BCUT2D eigenvalue weighted by molar-refractivity contribution is -0.123. The topological polar surface area (TPSA) is 67.2 Å². The molecule has 2 heterocycles. The van der Waals surface area contributed by atoms with E-state index in [2.05, 4.69) is 39.6 Å². The van der Waals surface area contributed by atoms with Gasteiger partial charge in [-0.25, -0.2) is 4.68 Å². The van der Waals surface area contributed by atoms with Crippen molar-refractivity contribution in [2.24, 2.45) is 0 Å². The van der Waals surface area contributed by atoms with E-state index < -0.39 is 0 Å². The van der Waals surface area contributed by atoms with Gasteiger partial charge in [-0.15, -0.1) is 0 Å². The maximum absolute atomic E-state index is 12.5. The maximum Gasteiger partial charge on any atom is 0.267 e. The molecule has 1 N–H and O–H groups in total. The molecule has 1 amide bonds. The zero-order valence-electron chi connectivity index (χ0n) is 17.0. The lowest BCUT2D eigenvalue weighted by Gasteiger charge is -2.32. The fraction of sp³-hybridized carbons (Fsp3) is 0.522. The van der Waals surface area contributed by atoms with Gasteiger partial charge in [0.1, 0.15) is 6.54 Å². The molecule has 0 radical (unpaired) electrons. The summed E-state index contributed by atoms with van der Waals surface area (Å²) in [6, 6.07) is 12.3. The Morgan fingerprint density at radius 1 is 1.07 bits per heavy atom.